The van der Waals surface area contributed by atoms with Crippen molar-refractivity contribution in [2.75, 3.05) is 38.3 Å². The van der Waals surface area contributed by atoms with E-state index in [0.717, 1.165) is 10.2 Å². The summed E-state index contributed by atoms with van der Waals surface area (Å²) in [4.78, 5) is 38.7. The lowest BCUT2D eigenvalue weighted by Gasteiger charge is -2.27. The molecule has 1 fully saturated rings. The molecule has 1 aromatic heterocycles. The third-order valence-corrected chi connectivity index (χ3v) is 4.58. The molecule has 1 aliphatic heterocycles. The lowest BCUT2D eigenvalue weighted by molar-refractivity contribution is -0.145. The molecule has 1 N–H and O–H groups in total. The zero-order chi connectivity index (χ0) is 20.6. The lowest BCUT2D eigenvalue weighted by atomic mass is 10.1. The van der Waals surface area contributed by atoms with E-state index in [-0.39, 0.29) is 13.0 Å². The van der Waals surface area contributed by atoms with E-state index in [9.17, 15) is 14.4 Å². The van der Waals surface area contributed by atoms with Gasteiger partial charge >= 0.3 is 5.97 Å². The predicted molar refractivity (Wildman–Crippen MR) is 106 cm³/mol. The summed E-state index contributed by atoms with van der Waals surface area (Å²) in [7, 11) is 1.27. The predicted octanol–water partition coefficient (Wildman–Crippen LogP) is -0.0196. The van der Waals surface area contributed by atoms with Gasteiger partial charge in [-0.2, -0.15) is 5.10 Å². The van der Waals surface area contributed by atoms with E-state index in [1.54, 1.807) is 6.07 Å². The Labute approximate surface area is 168 Å². The normalized spacial score (nSPS) is 14.9. The summed E-state index contributed by atoms with van der Waals surface area (Å²) in [6, 6.07) is 11.5. The minimum absolute atomic E-state index is 0.287. The average Bonchev–Trinajstić information content (AvgIpc) is 2.75. The van der Waals surface area contributed by atoms with E-state index >= 15 is 0 Å². The molecular formula is C20H24N4O5. The van der Waals surface area contributed by atoms with E-state index in [0.29, 0.717) is 32.1 Å². The Morgan fingerprint density at radius 1 is 1.17 bits per heavy atom. The Balaban J connectivity index is 1.69. The second-order valence-corrected chi connectivity index (χ2v) is 6.62. The van der Waals surface area contributed by atoms with Crippen molar-refractivity contribution in [3.05, 3.63) is 58.4 Å². The van der Waals surface area contributed by atoms with Crippen molar-refractivity contribution in [1.82, 2.24) is 15.1 Å². The van der Waals surface area contributed by atoms with Crippen LogP contribution in [0.5, 0.6) is 0 Å². The largest absolute Gasteiger partial charge is 0.467 e. The monoisotopic (exact) mass is 400 g/mol. The molecular weight excluding hydrogens is 376 g/mol. The smallest absolute Gasteiger partial charge is 0.328 e. The molecule has 1 atom stereocenters. The molecule has 2 aromatic rings. The number of aromatic nitrogens is 2. The van der Waals surface area contributed by atoms with Crippen LogP contribution in [0.2, 0.25) is 0 Å². The first-order valence-corrected chi connectivity index (χ1v) is 9.39. The van der Waals surface area contributed by atoms with Crippen molar-refractivity contribution in [2.45, 2.75) is 19.0 Å². The Morgan fingerprint density at radius 2 is 1.90 bits per heavy atom. The van der Waals surface area contributed by atoms with Crippen LogP contribution in [0, 0.1) is 0 Å². The van der Waals surface area contributed by atoms with Crippen molar-refractivity contribution < 1.29 is 19.1 Å². The Morgan fingerprint density at radius 3 is 2.59 bits per heavy atom. The number of morpholine rings is 1. The number of nitrogens with zero attached hydrogens (tertiary/aromatic N) is 3. The summed E-state index contributed by atoms with van der Waals surface area (Å²) in [6.07, 6.45) is 0.287. The summed E-state index contributed by atoms with van der Waals surface area (Å²) >= 11 is 0. The molecule has 1 unspecified atom stereocenters. The molecule has 154 valence electrons. The van der Waals surface area contributed by atoms with Crippen molar-refractivity contribution in [3.63, 3.8) is 0 Å². The molecule has 29 heavy (non-hydrogen) atoms. The van der Waals surface area contributed by atoms with Crippen LogP contribution in [0.4, 0.5) is 5.82 Å². The summed E-state index contributed by atoms with van der Waals surface area (Å²) in [5.41, 5.74) is 0.489. The molecule has 9 nitrogen and oxygen atoms in total. The summed E-state index contributed by atoms with van der Waals surface area (Å²) < 4.78 is 11.2. The van der Waals surface area contributed by atoms with Crippen molar-refractivity contribution in [3.8, 4) is 0 Å². The van der Waals surface area contributed by atoms with Gasteiger partial charge in [-0.3, -0.25) is 9.59 Å². The topological polar surface area (TPSA) is 103 Å². The minimum atomic E-state index is -0.854. The number of nitrogens with one attached hydrogen (secondary N) is 1. The van der Waals surface area contributed by atoms with Crippen molar-refractivity contribution >= 4 is 17.7 Å². The quantitative estimate of drug-likeness (QED) is 0.652. The van der Waals surface area contributed by atoms with Gasteiger partial charge in [0.15, 0.2) is 0 Å². The maximum Gasteiger partial charge on any atom is 0.328 e. The summed E-state index contributed by atoms with van der Waals surface area (Å²) in [5.74, 6) is -0.441. The fourth-order valence-corrected chi connectivity index (χ4v) is 3.07. The first-order valence-electron chi connectivity index (χ1n) is 9.39. The highest BCUT2D eigenvalue weighted by Crippen LogP contribution is 2.10. The van der Waals surface area contributed by atoms with Crippen LogP contribution in [0.3, 0.4) is 0 Å². The zero-order valence-electron chi connectivity index (χ0n) is 16.2. The molecule has 1 aromatic carbocycles. The van der Waals surface area contributed by atoms with E-state index in [4.69, 9.17) is 9.47 Å². The van der Waals surface area contributed by atoms with Crippen LogP contribution in [-0.2, 0) is 32.0 Å². The maximum absolute atomic E-state index is 12.5. The van der Waals surface area contributed by atoms with Crippen LogP contribution in [0.25, 0.3) is 0 Å². The van der Waals surface area contributed by atoms with Crippen LogP contribution in [0.15, 0.2) is 47.3 Å². The number of hydrogen-bond acceptors (Lipinski definition) is 7. The first kappa shape index (κ1) is 20.5. The third kappa shape index (κ3) is 5.64. The molecule has 0 spiro atoms. The molecule has 3 rings (SSSR count). The Bertz CT molecular complexity index is 893. The second kappa shape index (κ2) is 9.83. The molecule has 0 radical (unpaired) electrons. The van der Waals surface area contributed by atoms with Crippen molar-refractivity contribution in [1.29, 1.82) is 0 Å². The molecule has 0 saturated carbocycles. The van der Waals surface area contributed by atoms with Gasteiger partial charge in [-0.05, 0) is 11.6 Å². The van der Waals surface area contributed by atoms with Crippen LogP contribution in [-0.4, -0.2) is 61.1 Å². The first-order chi connectivity index (χ1) is 14.1. The standard InChI is InChI=1S/C20H24N4O5/c1-28-20(27)16(13-15-5-3-2-4-6-15)21-18(25)14-24-19(26)8-7-17(22-24)23-9-11-29-12-10-23/h2-8,16H,9-14H2,1H3,(H,21,25). The fraction of sp³-hybridized carbons (Fsp3) is 0.400. The third-order valence-electron chi connectivity index (χ3n) is 4.58. The van der Waals surface area contributed by atoms with Gasteiger partial charge in [0.2, 0.25) is 5.91 Å². The number of methoxy groups -OCH3 is 1. The average molecular weight is 400 g/mol. The number of amides is 1. The molecule has 1 saturated heterocycles. The molecule has 2 heterocycles. The number of carbonyl (C=O) groups excluding carboxylic acids is 2. The van der Waals surface area contributed by atoms with Gasteiger partial charge < -0.3 is 19.7 Å². The molecule has 9 heteroatoms. The minimum Gasteiger partial charge on any atom is -0.467 e. The van der Waals surface area contributed by atoms with Gasteiger partial charge in [0.1, 0.15) is 18.4 Å². The van der Waals surface area contributed by atoms with Crippen molar-refractivity contribution in [2.24, 2.45) is 0 Å². The fourth-order valence-electron chi connectivity index (χ4n) is 3.07. The summed E-state index contributed by atoms with van der Waals surface area (Å²) in [6.45, 7) is 2.21. The lowest BCUT2D eigenvalue weighted by Crippen LogP contribution is -2.45. The van der Waals surface area contributed by atoms with Gasteiger partial charge in [-0.25, -0.2) is 9.48 Å². The highest BCUT2D eigenvalue weighted by molar-refractivity contribution is 5.84. The highest BCUT2D eigenvalue weighted by Gasteiger charge is 2.22. The number of carbonyl (C=O) groups is 2. The van der Waals surface area contributed by atoms with Gasteiger partial charge in [0.05, 0.1) is 20.3 Å². The van der Waals surface area contributed by atoms with Gasteiger partial charge in [-0.15, -0.1) is 0 Å². The number of benzene rings is 1. The zero-order valence-corrected chi connectivity index (χ0v) is 16.2. The molecule has 0 bridgehead atoms. The van der Waals surface area contributed by atoms with E-state index in [1.807, 2.05) is 35.2 Å². The van der Waals surface area contributed by atoms with Gasteiger partial charge in [0.25, 0.3) is 5.56 Å². The summed E-state index contributed by atoms with van der Waals surface area (Å²) in [5, 5.41) is 6.93. The number of rotatable bonds is 7. The van der Waals surface area contributed by atoms with Crippen LogP contribution >= 0.6 is 0 Å². The van der Waals surface area contributed by atoms with Crippen LogP contribution < -0.4 is 15.8 Å². The maximum atomic E-state index is 12.5. The van der Waals surface area contributed by atoms with E-state index in [2.05, 4.69) is 10.4 Å². The molecule has 0 aliphatic carbocycles. The molecule has 1 aliphatic rings. The Hall–Kier alpha value is -3.20. The Kier molecular flexibility index (Phi) is 6.96. The SMILES string of the molecule is COC(=O)C(Cc1ccccc1)NC(=O)Cn1nc(N2CCOCC2)ccc1=O. The number of hydrogen-bond donors (Lipinski definition) is 1. The highest BCUT2D eigenvalue weighted by atomic mass is 16.5. The number of esters is 1. The van der Waals surface area contributed by atoms with Crippen LogP contribution in [0.1, 0.15) is 5.56 Å². The van der Waals surface area contributed by atoms with Gasteiger partial charge in [-0.1, -0.05) is 30.3 Å². The van der Waals surface area contributed by atoms with Gasteiger partial charge in [0, 0.05) is 25.6 Å². The number of anilines is 1. The molecule has 1 amide bonds. The van der Waals surface area contributed by atoms with E-state index in [1.165, 1.54) is 13.2 Å². The second-order valence-electron chi connectivity index (χ2n) is 6.62. The number of ether oxygens (including phenoxy) is 2. The van der Waals surface area contributed by atoms with E-state index < -0.39 is 23.5 Å².